The van der Waals surface area contributed by atoms with E-state index in [-0.39, 0.29) is 0 Å². The van der Waals surface area contributed by atoms with Crippen LogP contribution in [0.15, 0.2) is 170 Å². The summed E-state index contributed by atoms with van der Waals surface area (Å²) in [5, 5.41) is 5.02. The normalized spacial score (nSPS) is 11.7. The van der Waals surface area contributed by atoms with Gasteiger partial charge in [-0.15, -0.1) is 0 Å². The van der Waals surface area contributed by atoms with E-state index in [1.165, 1.54) is 54.7 Å². The van der Waals surface area contributed by atoms with E-state index in [4.69, 9.17) is 9.97 Å². The van der Waals surface area contributed by atoms with Gasteiger partial charge >= 0.3 is 0 Å². The van der Waals surface area contributed by atoms with Gasteiger partial charge in [0.05, 0.1) is 33.5 Å². The average Bonchev–Trinajstić information content (AvgIpc) is 3.72. The van der Waals surface area contributed by atoms with Crippen molar-refractivity contribution in [3.63, 3.8) is 0 Å². The summed E-state index contributed by atoms with van der Waals surface area (Å²) in [5.74, 6) is 0. The summed E-state index contributed by atoms with van der Waals surface area (Å²) in [4.78, 5) is 9.80. The third-order valence-corrected chi connectivity index (χ3v) is 10.6. The fraction of sp³-hybridized carbons (Fsp3) is 0.0417. The van der Waals surface area contributed by atoms with E-state index in [0.717, 1.165) is 45.0 Å². The van der Waals surface area contributed by atoms with Gasteiger partial charge in [0.15, 0.2) is 0 Å². The summed E-state index contributed by atoms with van der Waals surface area (Å²) in [6.07, 6.45) is 3.84. The van der Waals surface area contributed by atoms with Crippen LogP contribution >= 0.6 is 0 Å². The highest BCUT2D eigenvalue weighted by atomic mass is 15.0. The summed E-state index contributed by atoms with van der Waals surface area (Å²) in [6.45, 7) is 4.37. The zero-order chi connectivity index (χ0) is 34.8. The minimum absolute atomic E-state index is 0.945. The molecule has 0 aliphatic heterocycles. The van der Waals surface area contributed by atoms with Gasteiger partial charge in [-0.2, -0.15) is 0 Å². The molecule has 0 aliphatic rings. The molecule has 0 amide bonds. The number of pyridine rings is 2. The van der Waals surface area contributed by atoms with Gasteiger partial charge < -0.3 is 9.13 Å². The quantitative estimate of drug-likeness (QED) is 0.183. The lowest BCUT2D eigenvalue weighted by Gasteiger charge is -2.15. The zero-order valence-corrected chi connectivity index (χ0v) is 29.0. The molecule has 4 heterocycles. The molecule has 0 atom stereocenters. The maximum atomic E-state index is 4.90. The van der Waals surface area contributed by atoms with Crippen molar-refractivity contribution in [2.75, 3.05) is 0 Å². The van der Waals surface area contributed by atoms with Crippen LogP contribution in [0.3, 0.4) is 0 Å². The molecule has 0 saturated carbocycles. The van der Waals surface area contributed by atoms with Crippen molar-refractivity contribution in [1.82, 2.24) is 19.1 Å². The SMILES string of the molecule is Cc1ccc(-n2c3ccccc3c3ccccc32)cc1-c1cc(-c2ccnc(-c3cccc(-n4c5ccccc5c5ccccc54)c3C)c2)ccn1. The van der Waals surface area contributed by atoms with E-state index < -0.39 is 0 Å². The molecule has 10 rings (SSSR count). The molecule has 4 aromatic heterocycles. The van der Waals surface area contributed by atoms with Crippen molar-refractivity contribution in [1.29, 1.82) is 0 Å². The van der Waals surface area contributed by atoms with Crippen molar-refractivity contribution in [2.45, 2.75) is 13.8 Å². The molecular formula is C48H34N4. The fourth-order valence-corrected chi connectivity index (χ4v) is 8.07. The largest absolute Gasteiger partial charge is 0.309 e. The van der Waals surface area contributed by atoms with E-state index in [1.54, 1.807) is 0 Å². The highest BCUT2D eigenvalue weighted by molar-refractivity contribution is 6.10. The van der Waals surface area contributed by atoms with E-state index in [2.05, 4.69) is 181 Å². The zero-order valence-electron chi connectivity index (χ0n) is 29.0. The smallest absolute Gasteiger partial charge is 0.0711 e. The van der Waals surface area contributed by atoms with Crippen LogP contribution in [-0.2, 0) is 0 Å². The number of rotatable bonds is 5. The predicted octanol–water partition coefficient (Wildman–Crippen LogP) is 12.3. The molecule has 0 radical (unpaired) electrons. The fourth-order valence-electron chi connectivity index (χ4n) is 8.07. The average molecular weight is 667 g/mol. The third kappa shape index (κ3) is 4.69. The van der Waals surface area contributed by atoms with Gasteiger partial charge in [-0.3, -0.25) is 9.97 Å². The van der Waals surface area contributed by atoms with Crippen LogP contribution in [-0.4, -0.2) is 19.1 Å². The van der Waals surface area contributed by atoms with Crippen molar-refractivity contribution in [3.8, 4) is 45.0 Å². The summed E-state index contributed by atoms with van der Waals surface area (Å²) in [5.41, 5.74) is 15.8. The molecule has 4 heteroatoms. The maximum absolute atomic E-state index is 4.90. The molecule has 0 bridgehead atoms. The first-order valence-electron chi connectivity index (χ1n) is 17.7. The molecule has 0 fully saturated rings. The Morgan fingerprint density at radius 1 is 0.404 bits per heavy atom. The Kier molecular flexibility index (Phi) is 6.90. The van der Waals surface area contributed by atoms with E-state index in [0.29, 0.717) is 0 Å². The van der Waals surface area contributed by atoms with E-state index in [9.17, 15) is 0 Å². The lowest BCUT2D eigenvalue weighted by Crippen LogP contribution is -1.99. The molecule has 0 saturated heterocycles. The Morgan fingerprint density at radius 2 is 0.885 bits per heavy atom. The van der Waals surface area contributed by atoms with Gasteiger partial charge in [0.2, 0.25) is 0 Å². The summed E-state index contributed by atoms with van der Waals surface area (Å²) < 4.78 is 4.75. The van der Waals surface area contributed by atoms with Gasteiger partial charge in [0.25, 0.3) is 0 Å². The predicted molar refractivity (Wildman–Crippen MR) is 216 cm³/mol. The lowest BCUT2D eigenvalue weighted by molar-refractivity contribution is 1.15. The summed E-state index contributed by atoms with van der Waals surface area (Å²) in [6, 6.07) is 56.4. The molecule has 4 nitrogen and oxygen atoms in total. The second-order valence-corrected chi connectivity index (χ2v) is 13.5. The van der Waals surface area contributed by atoms with Gasteiger partial charge in [0, 0.05) is 56.4 Å². The monoisotopic (exact) mass is 666 g/mol. The van der Waals surface area contributed by atoms with Crippen LogP contribution in [0.1, 0.15) is 11.1 Å². The van der Waals surface area contributed by atoms with Crippen molar-refractivity contribution < 1.29 is 0 Å². The molecule has 52 heavy (non-hydrogen) atoms. The van der Waals surface area contributed by atoms with Crippen LogP contribution in [0.5, 0.6) is 0 Å². The first-order chi connectivity index (χ1) is 25.6. The second-order valence-electron chi connectivity index (χ2n) is 13.5. The highest BCUT2D eigenvalue weighted by Crippen LogP contribution is 2.37. The molecule has 6 aromatic carbocycles. The molecule has 0 N–H and O–H groups in total. The van der Waals surface area contributed by atoms with Crippen LogP contribution in [0.25, 0.3) is 88.6 Å². The Balaban J connectivity index is 1.06. The maximum Gasteiger partial charge on any atom is 0.0711 e. The number of para-hydroxylation sites is 4. The number of benzene rings is 6. The van der Waals surface area contributed by atoms with Gasteiger partial charge in [-0.25, -0.2) is 0 Å². The van der Waals surface area contributed by atoms with Crippen molar-refractivity contribution in [3.05, 3.63) is 181 Å². The highest BCUT2D eigenvalue weighted by Gasteiger charge is 2.17. The van der Waals surface area contributed by atoms with Crippen molar-refractivity contribution >= 4 is 43.6 Å². The van der Waals surface area contributed by atoms with Crippen LogP contribution < -0.4 is 0 Å². The number of hydrogen-bond donors (Lipinski definition) is 0. The van der Waals surface area contributed by atoms with Crippen LogP contribution in [0.2, 0.25) is 0 Å². The van der Waals surface area contributed by atoms with Crippen LogP contribution in [0.4, 0.5) is 0 Å². The first kappa shape index (κ1) is 30.1. The molecule has 0 aliphatic carbocycles. The molecule has 0 unspecified atom stereocenters. The van der Waals surface area contributed by atoms with Gasteiger partial charge in [-0.05, 0) is 103 Å². The second kappa shape index (κ2) is 11.9. The minimum atomic E-state index is 0.945. The number of aromatic nitrogens is 4. The lowest BCUT2D eigenvalue weighted by atomic mass is 9.98. The number of aryl methyl sites for hydroxylation is 1. The Hall–Kier alpha value is -6.78. The van der Waals surface area contributed by atoms with Gasteiger partial charge in [0.1, 0.15) is 0 Å². The van der Waals surface area contributed by atoms with Crippen molar-refractivity contribution in [2.24, 2.45) is 0 Å². The molecule has 10 aromatic rings. The first-order valence-corrected chi connectivity index (χ1v) is 17.7. The molecule has 0 spiro atoms. The summed E-state index contributed by atoms with van der Waals surface area (Å²) in [7, 11) is 0. The Bertz CT molecular complexity index is 2850. The number of nitrogens with zero attached hydrogens (tertiary/aromatic N) is 4. The number of fused-ring (bicyclic) bond motifs is 6. The molecular weight excluding hydrogens is 633 g/mol. The van der Waals surface area contributed by atoms with E-state index >= 15 is 0 Å². The Morgan fingerprint density at radius 3 is 1.42 bits per heavy atom. The molecule has 246 valence electrons. The number of hydrogen-bond acceptors (Lipinski definition) is 2. The van der Waals surface area contributed by atoms with Crippen LogP contribution in [0, 0.1) is 13.8 Å². The third-order valence-electron chi connectivity index (χ3n) is 10.6. The van der Waals surface area contributed by atoms with E-state index in [1.807, 2.05) is 12.4 Å². The summed E-state index contributed by atoms with van der Waals surface area (Å²) >= 11 is 0. The van der Waals surface area contributed by atoms with Gasteiger partial charge in [-0.1, -0.05) is 91.0 Å². The topological polar surface area (TPSA) is 35.6 Å². The Labute approximate surface area is 301 Å². The minimum Gasteiger partial charge on any atom is -0.309 e. The standard InChI is InChI=1S/C48H34N4/c1-31-22-23-35(51-45-17-7-3-12-37(45)38-13-4-8-18-46(38)51)30-41(31)43-29-34(25-27-50-43)33-24-26-49-42(28-33)36-16-11-21-44(32(36)2)52-47-19-9-5-14-39(47)40-15-6-10-20-48(40)52/h3-30H,1-2H3.